The Morgan fingerprint density at radius 3 is 2.30 bits per heavy atom. The molecule has 20 heavy (non-hydrogen) atoms. The van der Waals surface area contributed by atoms with Gasteiger partial charge < -0.3 is 15.7 Å². The van der Waals surface area contributed by atoms with Crippen LogP contribution in [0.2, 0.25) is 0 Å². The van der Waals surface area contributed by atoms with Crippen molar-refractivity contribution in [2.75, 3.05) is 5.32 Å². The van der Waals surface area contributed by atoms with E-state index in [0.29, 0.717) is 5.69 Å². The van der Waals surface area contributed by atoms with Gasteiger partial charge in [0.1, 0.15) is 0 Å². The molecule has 3 N–H and O–H groups in total. The first-order chi connectivity index (χ1) is 9.36. The highest BCUT2D eigenvalue weighted by molar-refractivity contribution is 5.88. The SMILES string of the molecule is CC(=O)Nc1ccc(CC(=O)NC(C)CC(=O)O)cc1. The predicted molar refractivity (Wildman–Crippen MR) is 74.3 cm³/mol. The van der Waals surface area contributed by atoms with Crippen molar-refractivity contribution in [2.24, 2.45) is 0 Å². The maximum atomic E-state index is 11.7. The predicted octanol–water partition coefficient (Wildman–Crippen LogP) is 1.17. The Balaban J connectivity index is 2.49. The van der Waals surface area contributed by atoms with Crippen LogP contribution in [-0.2, 0) is 20.8 Å². The molecule has 0 radical (unpaired) electrons. The summed E-state index contributed by atoms with van der Waals surface area (Å²) in [5, 5.41) is 13.9. The lowest BCUT2D eigenvalue weighted by Crippen LogP contribution is -2.35. The van der Waals surface area contributed by atoms with Crippen molar-refractivity contribution < 1.29 is 19.5 Å². The number of carboxylic acids is 1. The topological polar surface area (TPSA) is 95.5 Å². The first kappa shape index (κ1) is 15.7. The lowest BCUT2D eigenvalue weighted by molar-refractivity contribution is -0.137. The van der Waals surface area contributed by atoms with Gasteiger partial charge in [0.15, 0.2) is 0 Å². The second kappa shape index (κ2) is 7.28. The van der Waals surface area contributed by atoms with Crippen molar-refractivity contribution >= 4 is 23.5 Å². The van der Waals surface area contributed by atoms with Gasteiger partial charge in [-0.1, -0.05) is 12.1 Å². The van der Waals surface area contributed by atoms with Gasteiger partial charge in [0.2, 0.25) is 11.8 Å². The Hall–Kier alpha value is -2.37. The molecule has 0 saturated heterocycles. The number of carboxylic acid groups (broad SMARTS) is 1. The van der Waals surface area contributed by atoms with Crippen LogP contribution < -0.4 is 10.6 Å². The number of benzene rings is 1. The molecule has 6 heteroatoms. The van der Waals surface area contributed by atoms with Gasteiger partial charge in [0, 0.05) is 18.7 Å². The highest BCUT2D eigenvalue weighted by atomic mass is 16.4. The maximum absolute atomic E-state index is 11.7. The molecule has 0 bridgehead atoms. The summed E-state index contributed by atoms with van der Waals surface area (Å²) in [5.74, 6) is -1.33. The fourth-order valence-electron chi connectivity index (χ4n) is 1.73. The second-order valence-electron chi connectivity index (χ2n) is 4.62. The fraction of sp³-hybridized carbons (Fsp3) is 0.357. The number of amides is 2. The number of hydrogen-bond acceptors (Lipinski definition) is 3. The van der Waals surface area contributed by atoms with Crippen molar-refractivity contribution in [1.29, 1.82) is 0 Å². The zero-order valence-electron chi connectivity index (χ0n) is 11.5. The third-order valence-electron chi connectivity index (χ3n) is 2.53. The molecule has 1 aromatic rings. The number of aliphatic carboxylic acids is 1. The number of rotatable bonds is 6. The zero-order chi connectivity index (χ0) is 15.1. The average molecular weight is 278 g/mol. The summed E-state index contributed by atoms with van der Waals surface area (Å²) in [6.45, 7) is 3.07. The van der Waals surface area contributed by atoms with E-state index in [1.807, 2.05) is 0 Å². The van der Waals surface area contributed by atoms with E-state index in [2.05, 4.69) is 10.6 Å². The van der Waals surface area contributed by atoms with Crippen molar-refractivity contribution in [3.05, 3.63) is 29.8 Å². The van der Waals surface area contributed by atoms with Crippen LogP contribution in [0.4, 0.5) is 5.69 Å². The van der Waals surface area contributed by atoms with E-state index in [9.17, 15) is 14.4 Å². The van der Waals surface area contributed by atoms with Gasteiger partial charge in [0.05, 0.1) is 12.8 Å². The summed E-state index contributed by atoms with van der Waals surface area (Å²) in [6.07, 6.45) is 0.0670. The number of carbonyl (C=O) groups is 3. The molecule has 1 aromatic carbocycles. The van der Waals surface area contributed by atoms with Crippen molar-refractivity contribution in [3.63, 3.8) is 0 Å². The van der Waals surface area contributed by atoms with E-state index in [1.54, 1.807) is 31.2 Å². The van der Waals surface area contributed by atoms with Gasteiger partial charge in [-0.15, -0.1) is 0 Å². The van der Waals surface area contributed by atoms with Gasteiger partial charge in [-0.2, -0.15) is 0 Å². The largest absolute Gasteiger partial charge is 0.481 e. The molecule has 108 valence electrons. The van der Waals surface area contributed by atoms with Gasteiger partial charge in [-0.25, -0.2) is 0 Å². The molecule has 1 unspecified atom stereocenters. The first-order valence-electron chi connectivity index (χ1n) is 6.24. The Labute approximate surface area is 117 Å². The van der Waals surface area contributed by atoms with Gasteiger partial charge in [0.25, 0.3) is 0 Å². The van der Waals surface area contributed by atoms with E-state index in [4.69, 9.17) is 5.11 Å². The molecule has 0 saturated carbocycles. The summed E-state index contributed by atoms with van der Waals surface area (Å²) in [7, 11) is 0. The van der Waals surface area contributed by atoms with Gasteiger partial charge in [-0.05, 0) is 24.6 Å². The number of nitrogens with one attached hydrogen (secondary N) is 2. The van der Waals surface area contributed by atoms with Crippen LogP contribution in [0.25, 0.3) is 0 Å². The molecule has 0 aliphatic rings. The van der Waals surface area contributed by atoms with E-state index in [-0.39, 0.29) is 24.7 Å². The summed E-state index contributed by atoms with van der Waals surface area (Å²) >= 11 is 0. The maximum Gasteiger partial charge on any atom is 0.305 e. The Morgan fingerprint density at radius 2 is 1.80 bits per heavy atom. The average Bonchev–Trinajstić information content (AvgIpc) is 2.29. The van der Waals surface area contributed by atoms with Crippen LogP contribution in [0.1, 0.15) is 25.8 Å². The molecule has 6 nitrogen and oxygen atoms in total. The smallest absolute Gasteiger partial charge is 0.305 e. The molecule has 0 aromatic heterocycles. The molecule has 0 aliphatic carbocycles. The molecular weight excluding hydrogens is 260 g/mol. The standard InChI is InChI=1S/C14H18N2O4/c1-9(7-14(19)20)15-13(18)8-11-3-5-12(6-4-11)16-10(2)17/h3-6,9H,7-8H2,1-2H3,(H,15,18)(H,16,17)(H,19,20). The molecular formula is C14H18N2O4. The van der Waals surface area contributed by atoms with E-state index in [1.165, 1.54) is 6.92 Å². The van der Waals surface area contributed by atoms with Crippen LogP contribution in [-0.4, -0.2) is 28.9 Å². The van der Waals surface area contributed by atoms with Gasteiger partial charge >= 0.3 is 5.97 Å². The monoisotopic (exact) mass is 278 g/mol. The third-order valence-corrected chi connectivity index (χ3v) is 2.53. The van der Waals surface area contributed by atoms with Crippen molar-refractivity contribution in [2.45, 2.75) is 32.7 Å². The van der Waals surface area contributed by atoms with Crippen LogP contribution in [0.3, 0.4) is 0 Å². The molecule has 2 amide bonds. The Morgan fingerprint density at radius 1 is 1.20 bits per heavy atom. The van der Waals surface area contributed by atoms with E-state index >= 15 is 0 Å². The fourth-order valence-corrected chi connectivity index (χ4v) is 1.73. The molecule has 0 heterocycles. The van der Waals surface area contributed by atoms with Crippen LogP contribution in [0, 0.1) is 0 Å². The molecule has 0 fully saturated rings. The number of anilines is 1. The van der Waals surface area contributed by atoms with E-state index in [0.717, 1.165) is 5.56 Å². The summed E-state index contributed by atoms with van der Waals surface area (Å²) in [6, 6.07) is 6.51. The molecule has 1 atom stereocenters. The van der Waals surface area contributed by atoms with Gasteiger partial charge in [-0.3, -0.25) is 14.4 Å². The lowest BCUT2D eigenvalue weighted by atomic mass is 10.1. The minimum Gasteiger partial charge on any atom is -0.481 e. The van der Waals surface area contributed by atoms with Crippen LogP contribution >= 0.6 is 0 Å². The number of hydrogen-bond donors (Lipinski definition) is 3. The summed E-state index contributed by atoms with van der Waals surface area (Å²) in [5.41, 5.74) is 1.46. The quantitative estimate of drug-likeness (QED) is 0.727. The van der Waals surface area contributed by atoms with Crippen LogP contribution in [0.15, 0.2) is 24.3 Å². The minimum absolute atomic E-state index is 0.104. The minimum atomic E-state index is -0.947. The molecule has 1 rings (SSSR count). The van der Waals surface area contributed by atoms with Crippen molar-refractivity contribution in [3.8, 4) is 0 Å². The summed E-state index contributed by atoms with van der Waals surface area (Å²) in [4.78, 5) is 33.0. The third kappa shape index (κ3) is 5.99. The molecule has 0 aliphatic heterocycles. The summed E-state index contributed by atoms with van der Waals surface area (Å²) < 4.78 is 0. The molecule has 0 spiro atoms. The van der Waals surface area contributed by atoms with Crippen LogP contribution in [0.5, 0.6) is 0 Å². The second-order valence-corrected chi connectivity index (χ2v) is 4.62. The zero-order valence-corrected chi connectivity index (χ0v) is 11.5. The van der Waals surface area contributed by atoms with Crippen molar-refractivity contribution in [1.82, 2.24) is 5.32 Å². The lowest BCUT2D eigenvalue weighted by Gasteiger charge is -2.11. The highest BCUT2D eigenvalue weighted by Gasteiger charge is 2.11. The first-order valence-corrected chi connectivity index (χ1v) is 6.24. The normalized spacial score (nSPS) is 11.5. The number of carbonyl (C=O) groups excluding carboxylic acids is 2. The Bertz CT molecular complexity index is 496. The highest BCUT2D eigenvalue weighted by Crippen LogP contribution is 2.10. The van der Waals surface area contributed by atoms with E-state index < -0.39 is 12.0 Å². The Kier molecular flexibility index (Phi) is 5.71.